The molecule has 0 spiro atoms. The number of hydrogen-bond acceptors (Lipinski definition) is 6. The van der Waals surface area contributed by atoms with E-state index in [1.165, 1.54) is 16.8 Å². The Kier molecular flexibility index (Phi) is 5.90. The van der Waals surface area contributed by atoms with Crippen molar-refractivity contribution >= 4 is 50.7 Å². The maximum absolute atomic E-state index is 13.0. The number of carbonyl (C=O) groups is 1. The summed E-state index contributed by atoms with van der Waals surface area (Å²) < 4.78 is 8.06. The number of carbonyl (C=O) groups excluding carboxylic acids is 1. The monoisotopic (exact) mass is 506 g/mol. The number of nitrogens with one attached hydrogen (secondary N) is 1. The lowest BCUT2D eigenvalue weighted by Crippen LogP contribution is -2.35. The smallest absolute Gasteiger partial charge is 0.283 e. The Labute approximate surface area is 217 Å². The van der Waals surface area contributed by atoms with Gasteiger partial charge in [-0.25, -0.2) is 0 Å². The number of amides is 1. The lowest BCUT2D eigenvalue weighted by atomic mass is 10.1. The van der Waals surface area contributed by atoms with Crippen LogP contribution < -0.4 is 4.74 Å². The summed E-state index contributed by atoms with van der Waals surface area (Å²) in [6, 6.07) is 19.7. The third-order valence-corrected chi connectivity index (χ3v) is 7.03. The number of hydrazone groups is 1. The molecule has 0 unspecified atom stereocenters. The molecule has 0 radical (unpaired) electrons. The molecular weight excluding hydrogens is 484 g/mol. The molecule has 9 heteroatoms. The number of aryl methyl sites for hydroxylation is 1. The number of ether oxygens (including phenoxy) is 1. The van der Waals surface area contributed by atoms with Crippen molar-refractivity contribution in [3.05, 3.63) is 102 Å². The van der Waals surface area contributed by atoms with E-state index in [-0.39, 0.29) is 11.4 Å². The van der Waals surface area contributed by atoms with Gasteiger partial charge < -0.3 is 9.30 Å². The van der Waals surface area contributed by atoms with Crippen molar-refractivity contribution in [3.63, 3.8) is 0 Å². The maximum atomic E-state index is 13.0. The summed E-state index contributed by atoms with van der Waals surface area (Å²) >= 11 is 1.26. The Morgan fingerprint density at radius 2 is 2.00 bits per heavy atom. The number of amidine groups is 2. The van der Waals surface area contributed by atoms with Crippen molar-refractivity contribution in [2.45, 2.75) is 13.5 Å². The molecule has 0 bridgehead atoms. The molecule has 0 saturated carbocycles. The van der Waals surface area contributed by atoms with Gasteiger partial charge in [0.25, 0.3) is 5.91 Å². The molecule has 2 aliphatic heterocycles. The maximum Gasteiger partial charge on any atom is 0.283 e. The van der Waals surface area contributed by atoms with E-state index in [2.05, 4.69) is 19.6 Å². The van der Waals surface area contributed by atoms with E-state index in [1.54, 1.807) is 18.5 Å². The van der Waals surface area contributed by atoms with Crippen LogP contribution in [0.25, 0.3) is 17.0 Å². The molecule has 6 rings (SSSR count). The van der Waals surface area contributed by atoms with Crippen LogP contribution in [0.15, 0.2) is 94.9 Å². The summed E-state index contributed by atoms with van der Waals surface area (Å²) in [4.78, 5) is 21.3. The molecule has 37 heavy (non-hydrogen) atoms. The highest BCUT2D eigenvalue weighted by Gasteiger charge is 2.36. The summed E-state index contributed by atoms with van der Waals surface area (Å²) in [6.45, 7) is 3.17. The summed E-state index contributed by atoms with van der Waals surface area (Å²) in [7, 11) is 0. The Balaban J connectivity index is 1.28. The van der Waals surface area contributed by atoms with Crippen LogP contribution in [0.4, 0.5) is 0 Å². The summed E-state index contributed by atoms with van der Waals surface area (Å²) in [6.07, 6.45) is 7.10. The Morgan fingerprint density at radius 3 is 2.84 bits per heavy atom. The number of pyridine rings is 1. The van der Waals surface area contributed by atoms with Crippen molar-refractivity contribution in [3.8, 4) is 5.75 Å². The highest BCUT2D eigenvalue weighted by Crippen LogP contribution is 2.32. The first-order valence-corrected chi connectivity index (χ1v) is 12.6. The van der Waals surface area contributed by atoms with Crippen LogP contribution in [0.3, 0.4) is 0 Å². The second kappa shape index (κ2) is 9.51. The topological polar surface area (TPSA) is 95.9 Å². The molecule has 2 aromatic heterocycles. The first kappa shape index (κ1) is 22.9. The average molecular weight is 507 g/mol. The average Bonchev–Trinajstić information content (AvgIpc) is 3.49. The molecule has 182 valence electrons. The molecule has 4 aromatic rings. The van der Waals surface area contributed by atoms with Gasteiger partial charge in [0, 0.05) is 40.6 Å². The minimum absolute atomic E-state index is 0.000928. The highest BCUT2D eigenvalue weighted by molar-refractivity contribution is 8.27. The van der Waals surface area contributed by atoms with Gasteiger partial charge in [0.05, 0.1) is 12.1 Å². The summed E-state index contributed by atoms with van der Waals surface area (Å²) in [5.41, 5.74) is 4.01. The number of rotatable bonds is 6. The van der Waals surface area contributed by atoms with Gasteiger partial charge in [0.2, 0.25) is 5.17 Å². The minimum atomic E-state index is -0.453. The van der Waals surface area contributed by atoms with Gasteiger partial charge in [0.1, 0.15) is 17.4 Å². The zero-order valence-electron chi connectivity index (χ0n) is 20.0. The van der Waals surface area contributed by atoms with Gasteiger partial charge in [-0.05, 0) is 60.7 Å². The number of nitrogens with zero attached hydrogens (tertiary/aromatic N) is 5. The number of aromatic nitrogens is 2. The fourth-order valence-corrected chi connectivity index (χ4v) is 5.18. The van der Waals surface area contributed by atoms with Crippen LogP contribution in [-0.4, -0.2) is 43.1 Å². The molecule has 1 N–H and O–H groups in total. The van der Waals surface area contributed by atoms with Gasteiger partial charge >= 0.3 is 0 Å². The second-order valence-electron chi connectivity index (χ2n) is 8.63. The van der Waals surface area contributed by atoms with E-state index >= 15 is 0 Å². The first-order valence-electron chi connectivity index (χ1n) is 11.7. The summed E-state index contributed by atoms with van der Waals surface area (Å²) in [5, 5.41) is 16.7. The predicted molar refractivity (Wildman–Crippen MR) is 147 cm³/mol. The molecule has 8 nitrogen and oxygen atoms in total. The zero-order valence-corrected chi connectivity index (χ0v) is 20.8. The molecule has 1 amide bonds. The van der Waals surface area contributed by atoms with Crippen molar-refractivity contribution in [1.29, 1.82) is 5.41 Å². The lowest BCUT2D eigenvalue weighted by Gasteiger charge is -2.20. The van der Waals surface area contributed by atoms with E-state index in [9.17, 15) is 4.79 Å². The Hall–Kier alpha value is -4.50. The fourth-order valence-electron chi connectivity index (χ4n) is 4.30. The lowest BCUT2D eigenvalue weighted by molar-refractivity contribution is -0.114. The van der Waals surface area contributed by atoms with E-state index in [0.29, 0.717) is 23.4 Å². The molecule has 0 atom stereocenters. The van der Waals surface area contributed by atoms with Gasteiger partial charge in [-0.2, -0.15) is 15.1 Å². The van der Waals surface area contributed by atoms with Crippen molar-refractivity contribution in [1.82, 2.24) is 14.6 Å². The van der Waals surface area contributed by atoms with E-state index in [4.69, 9.17) is 10.1 Å². The molecule has 0 saturated heterocycles. The second-order valence-corrected chi connectivity index (χ2v) is 9.58. The first-order chi connectivity index (χ1) is 18.1. The molecule has 0 fully saturated rings. The number of benzene rings is 2. The highest BCUT2D eigenvalue weighted by atomic mass is 32.2. The van der Waals surface area contributed by atoms with Crippen molar-refractivity contribution in [2.24, 2.45) is 10.1 Å². The summed E-state index contributed by atoms with van der Waals surface area (Å²) in [5.74, 6) is 0.385. The molecular formula is C28H22N6O2S. The normalized spacial score (nSPS) is 16.2. The largest absolute Gasteiger partial charge is 0.492 e. The van der Waals surface area contributed by atoms with Gasteiger partial charge in [0.15, 0.2) is 5.84 Å². The number of aliphatic imine (C=N–C) groups is 1. The number of thioether (sulfide) groups is 1. The molecule has 2 aliphatic rings. The van der Waals surface area contributed by atoms with E-state index < -0.39 is 5.91 Å². The van der Waals surface area contributed by atoms with Gasteiger partial charge in [-0.15, -0.1) is 0 Å². The van der Waals surface area contributed by atoms with Crippen LogP contribution in [-0.2, 0) is 11.3 Å². The van der Waals surface area contributed by atoms with Crippen molar-refractivity contribution in [2.75, 3.05) is 6.61 Å². The fraction of sp³-hybridized carbons (Fsp3) is 0.107. The molecule has 2 aromatic carbocycles. The number of hydrogen-bond donors (Lipinski definition) is 1. The van der Waals surface area contributed by atoms with Crippen LogP contribution >= 0.6 is 11.8 Å². The molecule has 4 heterocycles. The Morgan fingerprint density at radius 1 is 1.11 bits per heavy atom. The molecule has 0 aliphatic carbocycles. The standard InChI is InChI=1S/C28H22N6O2S/c1-18-6-4-8-21(14-18)36-13-12-33-17-20(22-9-2-3-10-24(22)33)15-23-25(29)34-28(31-26(23)35)37-27(32-34)19-7-5-11-30-16-19/h2-11,14-17,29H,12-13H2,1H3. The van der Waals surface area contributed by atoms with Crippen molar-refractivity contribution < 1.29 is 9.53 Å². The van der Waals surface area contributed by atoms with Crippen LogP contribution in [0, 0.1) is 12.3 Å². The van der Waals surface area contributed by atoms with Crippen LogP contribution in [0.5, 0.6) is 5.75 Å². The third-order valence-electron chi connectivity index (χ3n) is 6.07. The van der Waals surface area contributed by atoms with Gasteiger partial charge in [-0.3, -0.25) is 15.2 Å². The van der Waals surface area contributed by atoms with Gasteiger partial charge in [-0.1, -0.05) is 30.3 Å². The minimum Gasteiger partial charge on any atom is -0.492 e. The number of para-hydroxylation sites is 1. The van der Waals surface area contributed by atoms with Crippen LogP contribution in [0.1, 0.15) is 16.7 Å². The quantitative estimate of drug-likeness (QED) is 0.368. The van der Waals surface area contributed by atoms with E-state index in [1.807, 2.05) is 73.8 Å². The number of fused-ring (bicyclic) bond motifs is 2. The Bertz CT molecular complexity index is 1640. The van der Waals surface area contributed by atoms with E-state index in [0.717, 1.165) is 33.3 Å². The zero-order chi connectivity index (χ0) is 25.4. The third kappa shape index (κ3) is 4.45. The predicted octanol–water partition coefficient (Wildman–Crippen LogP) is 5.09. The van der Waals surface area contributed by atoms with Crippen LogP contribution in [0.2, 0.25) is 0 Å². The SMILES string of the molecule is Cc1cccc(OCCn2cc(C=C3C(=N)N4N=C(c5cccnc5)SC4=NC3=O)c3ccccc32)c1.